The van der Waals surface area contributed by atoms with Crippen LogP contribution in [0.15, 0.2) is 97.1 Å². The van der Waals surface area contributed by atoms with E-state index in [2.05, 4.69) is 19.9 Å². The molecule has 2 aliphatic heterocycles. The summed E-state index contributed by atoms with van der Waals surface area (Å²) in [7, 11) is 1.63. The number of fused-ring (bicyclic) bond motifs is 3. The van der Waals surface area contributed by atoms with Gasteiger partial charge in [-0.3, -0.25) is 9.59 Å². The van der Waals surface area contributed by atoms with Crippen LogP contribution in [0, 0.1) is 5.92 Å². The van der Waals surface area contributed by atoms with Crippen LogP contribution in [-0.4, -0.2) is 35.5 Å². The molecule has 2 aliphatic rings. The molecule has 4 aromatic rings. The summed E-state index contributed by atoms with van der Waals surface area (Å²) in [4.78, 5) is 33.5. The summed E-state index contributed by atoms with van der Waals surface area (Å²) < 4.78 is 5.69. The minimum absolute atomic E-state index is 0.00360. The lowest BCUT2D eigenvalue weighted by Gasteiger charge is -2.53. The zero-order valence-corrected chi connectivity index (χ0v) is 24.3. The van der Waals surface area contributed by atoms with E-state index in [1.807, 2.05) is 101 Å². The van der Waals surface area contributed by atoms with Crippen molar-refractivity contribution in [1.29, 1.82) is 0 Å². The van der Waals surface area contributed by atoms with Crippen molar-refractivity contribution in [2.75, 3.05) is 18.6 Å². The first-order valence-electron chi connectivity index (χ1n) is 14.5. The average Bonchev–Trinajstić information content (AvgIpc) is 3.02. The van der Waals surface area contributed by atoms with Crippen LogP contribution >= 0.6 is 0 Å². The SMILES string of the molecule is COc1ccccc1CN1C(=O)c2ccccc2[C@@]2(Cc3ccccc3N(CC(C)C)C2=O)[C@@H]1c1ccc(CO)cc1. The average molecular weight is 561 g/mol. The van der Waals surface area contributed by atoms with Gasteiger partial charge >= 0.3 is 0 Å². The highest BCUT2D eigenvalue weighted by molar-refractivity contribution is 6.09. The first kappa shape index (κ1) is 27.7. The second-order valence-electron chi connectivity index (χ2n) is 11.7. The van der Waals surface area contributed by atoms with Gasteiger partial charge in [-0.05, 0) is 52.8 Å². The van der Waals surface area contributed by atoms with Gasteiger partial charge in [0.2, 0.25) is 5.91 Å². The number of hydrogen-bond acceptors (Lipinski definition) is 4. The van der Waals surface area contributed by atoms with Crippen molar-refractivity contribution in [2.24, 2.45) is 5.92 Å². The van der Waals surface area contributed by atoms with Gasteiger partial charge in [-0.1, -0.05) is 92.7 Å². The molecule has 1 N–H and O–H groups in total. The molecule has 2 heterocycles. The maximum atomic E-state index is 15.2. The van der Waals surface area contributed by atoms with Crippen molar-refractivity contribution in [3.8, 4) is 5.75 Å². The maximum Gasteiger partial charge on any atom is 0.255 e. The number of benzene rings is 4. The number of methoxy groups -OCH3 is 1. The van der Waals surface area contributed by atoms with Gasteiger partial charge in [0.25, 0.3) is 5.91 Å². The van der Waals surface area contributed by atoms with Crippen LogP contribution in [0.25, 0.3) is 0 Å². The second kappa shape index (κ2) is 11.1. The normalized spacial score (nSPS) is 19.7. The van der Waals surface area contributed by atoms with Crippen LogP contribution in [0.1, 0.15) is 58.1 Å². The molecular formula is C36H36N2O4. The highest BCUT2D eigenvalue weighted by Gasteiger charge is 2.59. The summed E-state index contributed by atoms with van der Waals surface area (Å²) in [5.74, 6) is 0.801. The van der Waals surface area contributed by atoms with Crippen molar-refractivity contribution >= 4 is 17.5 Å². The predicted octanol–water partition coefficient (Wildman–Crippen LogP) is 6.07. The molecule has 0 radical (unpaired) electrons. The van der Waals surface area contributed by atoms with Gasteiger partial charge < -0.3 is 19.6 Å². The lowest BCUT2D eigenvalue weighted by atomic mass is 9.61. The minimum atomic E-state index is -1.07. The number of aliphatic hydroxyl groups excluding tert-OH is 1. The van der Waals surface area contributed by atoms with Crippen LogP contribution in [0.2, 0.25) is 0 Å². The Labute approximate surface area is 247 Å². The van der Waals surface area contributed by atoms with Gasteiger partial charge in [-0.2, -0.15) is 0 Å². The molecule has 0 fully saturated rings. The molecule has 0 saturated carbocycles. The fourth-order valence-electron chi connectivity index (χ4n) is 6.81. The number of nitrogens with zero attached hydrogens (tertiary/aromatic N) is 2. The van der Waals surface area contributed by atoms with Crippen molar-refractivity contribution in [1.82, 2.24) is 4.90 Å². The molecule has 4 aromatic carbocycles. The highest BCUT2D eigenvalue weighted by Crippen LogP contribution is 2.54. The highest BCUT2D eigenvalue weighted by atomic mass is 16.5. The van der Waals surface area contributed by atoms with E-state index in [1.54, 1.807) is 7.11 Å². The second-order valence-corrected chi connectivity index (χ2v) is 11.7. The number of para-hydroxylation sites is 2. The molecule has 6 rings (SSSR count). The predicted molar refractivity (Wildman–Crippen MR) is 163 cm³/mol. The minimum Gasteiger partial charge on any atom is -0.496 e. The molecule has 0 saturated heterocycles. The number of carbonyl (C=O) groups excluding carboxylic acids is 2. The first-order chi connectivity index (χ1) is 20.4. The van der Waals surface area contributed by atoms with E-state index in [0.29, 0.717) is 24.3 Å². The molecule has 0 unspecified atom stereocenters. The van der Waals surface area contributed by atoms with Crippen LogP contribution in [-0.2, 0) is 29.8 Å². The summed E-state index contributed by atoms with van der Waals surface area (Å²) in [5.41, 5.74) is 4.73. The van der Waals surface area contributed by atoms with E-state index in [9.17, 15) is 9.90 Å². The quantitative estimate of drug-likeness (QED) is 0.298. The third-order valence-corrected chi connectivity index (χ3v) is 8.61. The van der Waals surface area contributed by atoms with Crippen LogP contribution in [0.3, 0.4) is 0 Å². The van der Waals surface area contributed by atoms with Gasteiger partial charge in [0.1, 0.15) is 11.2 Å². The van der Waals surface area contributed by atoms with Gasteiger partial charge in [0.05, 0.1) is 26.3 Å². The zero-order valence-electron chi connectivity index (χ0n) is 24.3. The Kier molecular flexibility index (Phi) is 7.33. The number of anilines is 1. The largest absolute Gasteiger partial charge is 0.496 e. The Balaban J connectivity index is 1.64. The van der Waals surface area contributed by atoms with Crippen LogP contribution in [0.5, 0.6) is 5.75 Å². The van der Waals surface area contributed by atoms with E-state index >= 15 is 4.79 Å². The number of rotatable bonds is 7. The van der Waals surface area contributed by atoms with Gasteiger partial charge in [0.15, 0.2) is 0 Å². The third kappa shape index (κ3) is 4.47. The Hall–Kier alpha value is -4.42. The Morgan fingerprint density at radius 2 is 1.60 bits per heavy atom. The molecule has 42 heavy (non-hydrogen) atoms. The number of hydrogen-bond donors (Lipinski definition) is 1. The van der Waals surface area contributed by atoms with Crippen LogP contribution in [0.4, 0.5) is 5.69 Å². The molecule has 1 spiro atoms. The van der Waals surface area contributed by atoms with Crippen LogP contribution < -0.4 is 9.64 Å². The maximum absolute atomic E-state index is 15.2. The molecule has 2 amide bonds. The number of carbonyl (C=O) groups is 2. The summed E-state index contributed by atoms with van der Waals surface area (Å²) in [6, 6.07) is 30.5. The fraction of sp³-hybridized carbons (Fsp3) is 0.278. The molecule has 2 atom stereocenters. The molecular weight excluding hydrogens is 524 g/mol. The summed E-state index contributed by atoms with van der Waals surface area (Å²) in [5, 5.41) is 9.79. The van der Waals surface area contributed by atoms with Crippen molar-refractivity contribution in [3.63, 3.8) is 0 Å². The summed E-state index contributed by atoms with van der Waals surface area (Å²) >= 11 is 0. The van der Waals surface area contributed by atoms with E-state index < -0.39 is 11.5 Å². The molecule has 0 aliphatic carbocycles. The molecule has 0 aromatic heterocycles. The first-order valence-corrected chi connectivity index (χ1v) is 14.5. The van der Waals surface area contributed by atoms with E-state index in [1.165, 1.54) is 0 Å². The van der Waals surface area contributed by atoms with Gasteiger partial charge in [-0.15, -0.1) is 0 Å². The van der Waals surface area contributed by atoms with Crippen molar-refractivity contribution in [2.45, 2.75) is 44.9 Å². The third-order valence-electron chi connectivity index (χ3n) is 8.61. The van der Waals surface area contributed by atoms with E-state index in [-0.39, 0.29) is 30.9 Å². The summed E-state index contributed by atoms with van der Waals surface area (Å²) in [6.07, 6.45) is 0.454. The molecule has 6 nitrogen and oxygen atoms in total. The Morgan fingerprint density at radius 1 is 0.905 bits per heavy atom. The number of aliphatic hydroxyl groups is 1. The van der Waals surface area contributed by atoms with Gasteiger partial charge in [0, 0.05) is 23.4 Å². The van der Waals surface area contributed by atoms with Crippen molar-refractivity contribution < 1.29 is 19.4 Å². The standard InChI is InChI=1S/C36H36N2O4/c1-24(2)21-37-31-14-8-4-10-27(31)20-36(35(37)41)30-13-7-6-12-29(30)34(40)38(22-28-11-5-9-15-32(28)42-3)33(36)26-18-16-25(23-39)17-19-26/h4-19,24,33,39H,20-23H2,1-3H3/t33-,36-/m0/s1. The van der Waals surface area contributed by atoms with Crippen molar-refractivity contribution in [3.05, 3.63) is 130 Å². The number of amides is 2. The number of ether oxygens (including phenoxy) is 1. The summed E-state index contributed by atoms with van der Waals surface area (Å²) in [6.45, 7) is 4.99. The smallest absolute Gasteiger partial charge is 0.255 e. The van der Waals surface area contributed by atoms with E-state index in [4.69, 9.17) is 4.74 Å². The zero-order chi connectivity index (χ0) is 29.4. The topological polar surface area (TPSA) is 70.1 Å². The Morgan fingerprint density at radius 3 is 2.33 bits per heavy atom. The van der Waals surface area contributed by atoms with E-state index in [0.717, 1.165) is 33.5 Å². The molecule has 214 valence electrons. The monoisotopic (exact) mass is 560 g/mol. The lowest BCUT2D eigenvalue weighted by molar-refractivity contribution is -0.128. The lowest BCUT2D eigenvalue weighted by Crippen LogP contribution is -2.62. The molecule has 6 heteroatoms. The van der Waals surface area contributed by atoms with Gasteiger partial charge in [-0.25, -0.2) is 0 Å². The molecule has 0 bridgehead atoms. The Bertz CT molecular complexity index is 1630. The fourth-order valence-corrected chi connectivity index (χ4v) is 6.81.